The standard InChI is InChI=1S/C18H19N3O4S/c22-18-21(16-8-4-5-9-17(16)25-18)14-19-10-12-20(13-11-19)26(23,24)15-6-2-1-3-7-15/h1-9H,10-14H2/p+1. The molecular formula is C18H20N3O4S+. The summed E-state index contributed by atoms with van der Waals surface area (Å²) >= 11 is 0. The third kappa shape index (κ3) is 3.07. The summed E-state index contributed by atoms with van der Waals surface area (Å²) in [6, 6.07) is 15.8. The fourth-order valence-corrected chi connectivity index (χ4v) is 4.79. The van der Waals surface area contributed by atoms with Crippen LogP contribution in [-0.2, 0) is 16.7 Å². The third-order valence-corrected chi connectivity index (χ3v) is 6.68. The lowest BCUT2D eigenvalue weighted by molar-refractivity contribution is -0.926. The van der Waals surface area contributed by atoms with Gasteiger partial charge in [-0.15, -0.1) is 0 Å². The predicted molar refractivity (Wildman–Crippen MR) is 96.4 cm³/mol. The zero-order chi connectivity index (χ0) is 18.1. The first-order chi connectivity index (χ1) is 12.6. The molecule has 0 radical (unpaired) electrons. The van der Waals surface area contributed by atoms with Crippen LogP contribution >= 0.6 is 0 Å². The van der Waals surface area contributed by atoms with E-state index in [0.29, 0.717) is 43.3 Å². The smallest absolute Gasteiger partial charge is 0.408 e. The highest BCUT2D eigenvalue weighted by molar-refractivity contribution is 7.89. The number of para-hydroxylation sites is 2. The van der Waals surface area contributed by atoms with Crippen molar-refractivity contribution in [1.29, 1.82) is 0 Å². The normalized spacial score (nSPS) is 16.9. The third-order valence-electron chi connectivity index (χ3n) is 4.77. The van der Waals surface area contributed by atoms with Gasteiger partial charge in [0.25, 0.3) is 0 Å². The monoisotopic (exact) mass is 374 g/mol. The van der Waals surface area contributed by atoms with E-state index in [1.807, 2.05) is 18.2 Å². The van der Waals surface area contributed by atoms with Crippen LogP contribution in [0, 0.1) is 0 Å². The molecule has 4 rings (SSSR count). The average molecular weight is 374 g/mol. The van der Waals surface area contributed by atoms with Crippen molar-refractivity contribution in [2.75, 3.05) is 26.2 Å². The lowest BCUT2D eigenvalue weighted by Crippen LogP contribution is -3.14. The molecule has 8 heteroatoms. The molecule has 0 spiro atoms. The van der Waals surface area contributed by atoms with Gasteiger partial charge < -0.3 is 9.32 Å². The zero-order valence-electron chi connectivity index (χ0n) is 14.2. The molecule has 2 aromatic carbocycles. The fourth-order valence-electron chi connectivity index (χ4n) is 3.33. The Morgan fingerprint density at radius 1 is 0.962 bits per heavy atom. The van der Waals surface area contributed by atoms with E-state index in [2.05, 4.69) is 0 Å². The minimum atomic E-state index is -3.46. The molecule has 1 aliphatic rings. The first kappa shape index (κ1) is 17.0. The van der Waals surface area contributed by atoms with Gasteiger partial charge in [-0.3, -0.25) is 0 Å². The molecule has 0 atom stereocenters. The molecule has 3 aromatic rings. The van der Waals surface area contributed by atoms with Crippen LogP contribution < -0.4 is 10.7 Å². The first-order valence-electron chi connectivity index (χ1n) is 8.53. The first-order valence-corrected chi connectivity index (χ1v) is 9.97. The lowest BCUT2D eigenvalue weighted by Gasteiger charge is -2.31. The molecule has 0 bridgehead atoms. The van der Waals surface area contributed by atoms with Crippen LogP contribution in [-0.4, -0.2) is 43.5 Å². The molecule has 136 valence electrons. The van der Waals surface area contributed by atoms with Crippen LogP contribution in [0.2, 0.25) is 0 Å². The van der Waals surface area contributed by atoms with Crippen molar-refractivity contribution in [1.82, 2.24) is 8.87 Å². The summed E-state index contributed by atoms with van der Waals surface area (Å²) in [6.07, 6.45) is 0. The number of aromatic nitrogens is 1. The Bertz CT molecular complexity index is 1060. The van der Waals surface area contributed by atoms with E-state index in [-0.39, 0.29) is 5.76 Å². The molecule has 1 fully saturated rings. The van der Waals surface area contributed by atoms with Gasteiger partial charge in [0, 0.05) is 0 Å². The Hall–Kier alpha value is -2.42. The molecular weight excluding hydrogens is 354 g/mol. The van der Waals surface area contributed by atoms with Crippen molar-refractivity contribution in [3.8, 4) is 0 Å². The number of nitrogens with one attached hydrogen (secondary N) is 1. The zero-order valence-corrected chi connectivity index (χ0v) is 15.0. The van der Waals surface area contributed by atoms with E-state index in [4.69, 9.17) is 4.42 Å². The van der Waals surface area contributed by atoms with E-state index in [0.717, 1.165) is 10.4 Å². The molecule has 2 heterocycles. The number of rotatable bonds is 4. The van der Waals surface area contributed by atoms with Gasteiger partial charge in [0.05, 0.1) is 36.6 Å². The number of quaternary nitrogens is 1. The number of nitrogens with zero attached hydrogens (tertiary/aromatic N) is 2. The molecule has 0 amide bonds. The highest BCUT2D eigenvalue weighted by atomic mass is 32.2. The predicted octanol–water partition coefficient (Wildman–Crippen LogP) is 0.141. The second-order valence-corrected chi connectivity index (χ2v) is 8.33. The van der Waals surface area contributed by atoms with Gasteiger partial charge in [-0.25, -0.2) is 17.8 Å². The van der Waals surface area contributed by atoms with Crippen molar-refractivity contribution in [3.63, 3.8) is 0 Å². The largest absolute Gasteiger partial charge is 0.424 e. The molecule has 1 N–H and O–H groups in total. The quantitative estimate of drug-likeness (QED) is 0.705. The Morgan fingerprint density at radius 3 is 2.35 bits per heavy atom. The van der Waals surface area contributed by atoms with E-state index in [1.165, 1.54) is 4.31 Å². The van der Waals surface area contributed by atoms with Gasteiger partial charge in [-0.2, -0.15) is 4.31 Å². The molecule has 1 saturated heterocycles. The number of sulfonamides is 1. The van der Waals surface area contributed by atoms with E-state index >= 15 is 0 Å². The van der Waals surface area contributed by atoms with Crippen LogP contribution in [0.5, 0.6) is 0 Å². The highest BCUT2D eigenvalue weighted by Crippen LogP contribution is 2.15. The summed E-state index contributed by atoms with van der Waals surface area (Å²) < 4.78 is 33.8. The van der Waals surface area contributed by atoms with Crippen LogP contribution in [0.3, 0.4) is 0 Å². The fraction of sp³-hybridized carbons (Fsp3) is 0.278. The van der Waals surface area contributed by atoms with Crippen molar-refractivity contribution in [3.05, 3.63) is 65.1 Å². The van der Waals surface area contributed by atoms with Crippen molar-refractivity contribution >= 4 is 21.1 Å². The summed E-state index contributed by atoms with van der Waals surface area (Å²) in [5, 5.41) is 0. The van der Waals surface area contributed by atoms with E-state index in [1.54, 1.807) is 41.0 Å². The summed E-state index contributed by atoms with van der Waals surface area (Å²) in [5.74, 6) is -0.377. The van der Waals surface area contributed by atoms with Crippen LogP contribution in [0.25, 0.3) is 11.1 Å². The summed E-state index contributed by atoms with van der Waals surface area (Å²) in [6.45, 7) is 2.60. The molecule has 1 aliphatic heterocycles. The van der Waals surface area contributed by atoms with Crippen molar-refractivity contribution < 1.29 is 17.7 Å². The van der Waals surface area contributed by atoms with Crippen molar-refractivity contribution in [2.24, 2.45) is 0 Å². The maximum atomic E-state index is 12.7. The molecule has 1 aromatic heterocycles. The van der Waals surface area contributed by atoms with Crippen LogP contribution in [0.1, 0.15) is 0 Å². The lowest BCUT2D eigenvalue weighted by atomic mass is 10.3. The van der Waals surface area contributed by atoms with E-state index in [9.17, 15) is 13.2 Å². The maximum Gasteiger partial charge on any atom is 0.424 e. The molecule has 26 heavy (non-hydrogen) atoms. The Labute approximate surface area is 151 Å². The average Bonchev–Trinajstić information content (AvgIpc) is 2.98. The second kappa shape index (κ2) is 6.71. The Morgan fingerprint density at radius 2 is 1.62 bits per heavy atom. The number of hydrogen-bond acceptors (Lipinski definition) is 4. The van der Waals surface area contributed by atoms with E-state index < -0.39 is 10.0 Å². The minimum absolute atomic E-state index is 0.320. The maximum absolute atomic E-state index is 12.7. The summed E-state index contributed by atoms with van der Waals surface area (Å²) in [7, 11) is -3.46. The van der Waals surface area contributed by atoms with Crippen LogP contribution in [0.4, 0.5) is 0 Å². The number of benzene rings is 2. The van der Waals surface area contributed by atoms with Crippen molar-refractivity contribution in [2.45, 2.75) is 11.6 Å². The molecule has 0 aliphatic carbocycles. The highest BCUT2D eigenvalue weighted by Gasteiger charge is 2.30. The molecule has 7 nitrogen and oxygen atoms in total. The Kier molecular flexibility index (Phi) is 4.39. The van der Waals surface area contributed by atoms with Gasteiger partial charge in [0.15, 0.2) is 12.3 Å². The molecule has 0 unspecified atom stereocenters. The Balaban J connectivity index is 1.47. The van der Waals surface area contributed by atoms with Gasteiger partial charge in [-0.1, -0.05) is 30.3 Å². The number of oxazole rings is 1. The second-order valence-electron chi connectivity index (χ2n) is 6.39. The number of piperazine rings is 1. The molecule has 0 saturated carbocycles. The van der Waals surface area contributed by atoms with Gasteiger partial charge in [0.1, 0.15) is 0 Å². The minimum Gasteiger partial charge on any atom is -0.408 e. The summed E-state index contributed by atoms with van der Waals surface area (Å²) in [5.41, 5.74) is 1.34. The topological polar surface area (TPSA) is 77.0 Å². The van der Waals surface area contributed by atoms with Gasteiger partial charge in [0.2, 0.25) is 10.0 Å². The summed E-state index contributed by atoms with van der Waals surface area (Å²) in [4.78, 5) is 13.6. The van der Waals surface area contributed by atoms with Gasteiger partial charge in [-0.05, 0) is 24.3 Å². The number of hydrogen-bond donors (Lipinski definition) is 1. The number of fused-ring (bicyclic) bond motifs is 1. The van der Waals surface area contributed by atoms with Gasteiger partial charge >= 0.3 is 5.76 Å². The van der Waals surface area contributed by atoms with Crippen LogP contribution in [0.15, 0.2) is 68.7 Å². The SMILES string of the molecule is O=c1oc2ccccc2n1C[NH+]1CCN(S(=O)(=O)c2ccccc2)CC1.